The van der Waals surface area contributed by atoms with Crippen molar-refractivity contribution in [3.05, 3.63) is 98.5 Å². The van der Waals surface area contributed by atoms with E-state index in [1.807, 2.05) is 6.07 Å². The van der Waals surface area contributed by atoms with Crippen LogP contribution in [-0.4, -0.2) is 24.0 Å². The molecule has 0 amide bonds. The van der Waals surface area contributed by atoms with Crippen molar-refractivity contribution >= 4 is 0 Å². The van der Waals surface area contributed by atoms with E-state index in [0.29, 0.717) is 11.3 Å². The van der Waals surface area contributed by atoms with Crippen LogP contribution in [0.3, 0.4) is 0 Å². The summed E-state index contributed by atoms with van der Waals surface area (Å²) in [7, 11) is 0. The van der Waals surface area contributed by atoms with Gasteiger partial charge in [0, 0.05) is 17.8 Å². The fourth-order valence-electron chi connectivity index (χ4n) is 4.14. The van der Waals surface area contributed by atoms with Gasteiger partial charge in [0.25, 0.3) is 5.56 Å². The van der Waals surface area contributed by atoms with Crippen LogP contribution >= 0.6 is 0 Å². The molecule has 0 aliphatic heterocycles. The predicted octanol–water partition coefficient (Wildman–Crippen LogP) is 4.55. The highest BCUT2D eigenvalue weighted by Crippen LogP contribution is 2.33. The Bertz CT molecular complexity index is 1660. The number of aromatic nitrogens is 4. The van der Waals surface area contributed by atoms with Crippen molar-refractivity contribution in [1.29, 1.82) is 5.26 Å². The number of hydrogen-bond acceptors (Lipinski definition) is 5. The molecule has 2 aromatic carbocycles. The van der Waals surface area contributed by atoms with Crippen molar-refractivity contribution in [2.45, 2.75) is 45.5 Å². The van der Waals surface area contributed by atoms with E-state index >= 15 is 0 Å². The fraction of sp³-hybridized carbons (Fsp3) is 0.259. The van der Waals surface area contributed by atoms with Crippen molar-refractivity contribution in [2.75, 3.05) is 0 Å². The third-order valence-corrected chi connectivity index (χ3v) is 6.01. The van der Waals surface area contributed by atoms with Gasteiger partial charge in [0.05, 0.1) is 51.6 Å². The summed E-state index contributed by atoms with van der Waals surface area (Å²) in [5, 5.41) is 24.4. The molecule has 4 rings (SSSR count). The molecule has 0 aliphatic carbocycles. The Morgan fingerprint density at radius 2 is 1.68 bits per heavy atom. The number of benzene rings is 2. The third-order valence-electron chi connectivity index (χ3n) is 6.01. The minimum atomic E-state index is -4.64. The number of rotatable bonds is 5. The first-order valence-electron chi connectivity index (χ1n) is 11.6. The van der Waals surface area contributed by atoms with E-state index in [9.17, 15) is 27.9 Å². The van der Waals surface area contributed by atoms with E-state index in [2.05, 4.69) is 5.10 Å². The molecule has 0 saturated carbocycles. The van der Waals surface area contributed by atoms with Gasteiger partial charge in [0.2, 0.25) is 0 Å². The molecule has 0 spiro atoms. The molecular weight excluding hydrogens is 499 g/mol. The van der Waals surface area contributed by atoms with Crippen molar-refractivity contribution in [2.24, 2.45) is 0 Å². The zero-order chi connectivity index (χ0) is 28.0. The van der Waals surface area contributed by atoms with E-state index in [1.54, 1.807) is 38.1 Å². The minimum absolute atomic E-state index is 0.0605. The first-order chi connectivity index (χ1) is 17.7. The van der Waals surface area contributed by atoms with Gasteiger partial charge >= 0.3 is 11.9 Å². The lowest BCUT2D eigenvalue weighted by Crippen LogP contribution is -2.41. The van der Waals surface area contributed by atoms with E-state index in [4.69, 9.17) is 5.26 Å². The molecule has 1 N–H and O–H groups in total. The summed E-state index contributed by atoms with van der Waals surface area (Å²) < 4.78 is 43.6. The maximum atomic E-state index is 13.7. The largest absolute Gasteiger partial charge is 0.416 e. The molecule has 4 aromatic rings. The Labute approximate surface area is 215 Å². The van der Waals surface area contributed by atoms with Crippen LogP contribution in [0.15, 0.2) is 70.5 Å². The highest BCUT2D eigenvalue weighted by Gasteiger charge is 2.32. The molecule has 0 unspecified atom stereocenters. The van der Waals surface area contributed by atoms with Crippen molar-refractivity contribution in [3.8, 4) is 28.7 Å². The van der Waals surface area contributed by atoms with Crippen LogP contribution in [0.1, 0.15) is 50.4 Å². The molecule has 2 aromatic heterocycles. The monoisotopic (exact) mass is 523 g/mol. The molecule has 0 saturated heterocycles. The summed E-state index contributed by atoms with van der Waals surface area (Å²) in [6.07, 6.45) is -2.09. The third kappa shape index (κ3) is 4.78. The number of nitrogens with zero attached hydrogens (tertiary/aromatic N) is 5. The number of hydrogen-bond donors (Lipinski definition) is 1. The Hall–Kier alpha value is -4.43. The smallest absolute Gasteiger partial charge is 0.386 e. The molecule has 8 nitrogen and oxygen atoms in total. The summed E-state index contributed by atoms with van der Waals surface area (Å²) in [6, 6.07) is 11.9. The van der Waals surface area contributed by atoms with Crippen molar-refractivity contribution in [1.82, 2.24) is 18.9 Å². The molecular formula is C27H24F3N5O3. The quantitative estimate of drug-likeness (QED) is 0.413. The standard InChI is InChI=1S/C27H24F3N5O3/c1-16(2)34-24(36)21(15-33(25(34)37)20-7-5-6-18(12-20)27(28,29)30)23-22(26(3,4)38)14-32-35(23)19-10-8-17(13-31)9-11-19/h5-12,14-16,38H,1-4H3. The van der Waals surface area contributed by atoms with Gasteiger partial charge in [-0.15, -0.1) is 0 Å². The van der Waals surface area contributed by atoms with Gasteiger partial charge in [-0.2, -0.15) is 23.5 Å². The van der Waals surface area contributed by atoms with Gasteiger partial charge in [0.1, 0.15) is 0 Å². The van der Waals surface area contributed by atoms with Gasteiger partial charge in [-0.1, -0.05) is 6.07 Å². The lowest BCUT2D eigenvalue weighted by atomic mass is 9.96. The van der Waals surface area contributed by atoms with Gasteiger partial charge in [0.15, 0.2) is 0 Å². The van der Waals surface area contributed by atoms with Gasteiger partial charge in [-0.05, 0) is 70.2 Å². The summed E-state index contributed by atoms with van der Waals surface area (Å²) >= 11 is 0. The molecule has 0 aliphatic rings. The van der Waals surface area contributed by atoms with E-state index < -0.39 is 34.6 Å². The predicted molar refractivity (Wildman–Crippen MR) is 134 cm³/mol. The topological polar surface area (TPSA) is 106 Å². The second kappa shape index (κ2) is 9.46. The van der Waals surface area contributed by atoms with Gasteiger partial charge in [-0.25, -0.2) is 9.48 Å². The normalized spacial score (nSPS) is 12.1. The highest BCUT2D eigenvalue weighted by atomic mass is 19.4. The lowest BCUT2D eigenvalue weighted by Gasteiger charge is -2.21. The summed E-state index contributed by atoms with van der Waals surface area (Å²) in [4.78, 5) is 27.1. The zero-order valence-corrected chi connectivity index (χ0v) is 21.0. The lowest BCUT2D eigenvalue weighted by molar-refractivity contribution is -0.137. The second-order valence-electron chi connectivity index (χ2n) is 9.55. The number of nitriles is 1. The molecule has 0 radical (unpaired) electrons. The average Bonchev–Trinajstić information content (AvgIpc) is 3.29. The Morgan fingerprint density at radius 3 is 2.24 bits per heavy atom. The molecule has 0 bridgehead atoms. The Balaban J connectivity index is 2.10. The molecule has 196 valence electrons. The SMILES string of the molecule is CC(C)n1c(=O)c(-c2c(C(C)(C)O)cnn2-c2ccc(C#N)cc2)cn(-c2cccc(C(F)(F)F)c2)c1=O. The van der Waals surface area contributed by atoms with Gasteiger partial charge in [-0.3, -0.25) is 13.9 Å². The second-order valence-corrected chi connectivity index (χ2v) is 9.55. The molecule has 0 fully saturated rings. The minimum Gasteiger partial charge on any atom is -0.386 e. The Morgan fingerprint density at radius 1 is 1.03 bits per heavy atom. The summed E-state index contributed by atoms with van der Waals surface area (Å²) in [5.74, 6) is 0. The Kier molecular flexibility index (Phi) is 6.63. The van der Waals surface area contributed by atoms with Crippen LogP contribution in [0.4, 0.5) is 13.2 Å². The molecule has 2 heterocycles. The van der Waals surface area contributed by atoms with Crippen LogP contribution in [0, 0.1) is 11.3 Å². The van der Waals surface area contributed by atoms with E-state index in [0.717, 1.165) is 21.3 Å². The van der Waals surface area contributed by atoms with Crippen LogP contribution in [0.5, 0.6) is 0 Å². The van der Waals surface area contributed by atoms with Crippen molar-refractivity contribution in [3.63, 3.8) is 0 Å². The summed E-state index contributed by atoms with van der Waals surface area (Å²) in [6.45, 7) is 6.22. The maximum Gasteiger partial charge on any atom is 0.416 e. The fourth-order valence-corrected chi connectivity index (χ4v) is 4.14. The van der Waals surface area contributed by atoms with Crippen LogP contribution in [0.25, 0.3) is 22.6 Å². The molecule has 11 heteroatoms. The molecule has 0 atom stereocenters. The van der Waals surface area contributed by atoms with Crippen LogP contribution in [-0.2, 0) is 11.8 Å². The highest BCUT2D eigenvalue weighted by molar-refractivity contribution is 5.66. The average molecular weight is 524 g/mol. The van der Waals surface area contributed by atoms with E-state index in [-0.39, 0.29) is 22.5 Å². The number of alkyl halides is 3. The first kappa shape index (κ1) is 26.6. The van der Waals surface area contributed by atoms with Crippen LogP contribution in [0.2, 0.25) is 0 Å². The van der Waals surface area contributed by atoms with Crippen LogP contribution < -0.4 is 11.2 Å². The van der Waals surface area contributed by atoms with E-state index in [1.165, 1.54) is 43.1 Å². The number of aliphatic hydroxyl groups is 1. The van der Waals surface area contributed by atoms with Crippen molar-refractivity contribution < 1.29 is 18.3 Å². The zero-order valence-electron chi connectivity index (χ0n) is 21.0. The number of halogens is 3. The van der Waals surface area contributed by atoms with Gasteiger partial charge < -0.3 is 5.11 Å². The first-order valence-corrected chi connectivity index (χ1v) is 11.6. The maximum absolute atomic E-state index is 13.7. The summed E-state index contributed by atoms with van der Waals surface area (Å²) in [5.41, 5.74) is -2.84. The molecule has 38 heavy (non-hydrogen) atoms.